The smallest absolute Gasteiger partial charge is 0.251 e. The van der Waals surface area contributed by atoms with Crippen molar-refractivity contribution in [1.29, 1.82) is 0 Å². The van der Waals surface area contributed by atoms with Crippen LogP contribution in [0.2, 0.25) is 0 Å². The molecular formula is C23H16BrFN2O2. The summed E-state index contributed by atoms with van der Waals surface area (Å²) in [6, 6.07) is 21.1. The molecule has 2 unspecified atom stereocenters. The number of rotatable bonds is 3. The molecule has 4 nitrogen and oxygen atoms in total. The van der Waals surface area contributed by atoms with Crippen molar-refractivity contribution in [3.8, 4) is 5.75 Å². The second kappa shape index (κ2) is 7.12. The van der Waals surface area contributed by atoms with Gasteiger partial charge in [0.15, 0.2) is 0 Å². The van der Waals surface area contributed by atoms with Gasteiger partial charge >= 0.3 is 0 Å². The first-order valence-electron chi connectivity index (χ1n) is 9.27. The third kappa shape index (κ3) is 3.23. The molecule has 3 aromatic rings. The molecule has 2 atom stereocenters. The van der Waals surface area contributed by atoms with Crippen molar-refractivity contribution in [2.45, 2.75) is 18.7 Å². The maximum absolute atomic E-state index is 13.3. The highest BCUT2D eigenvalue weighted by molar-refractivity contribution is 9.10. The predicted molar refractivity (Wildman–Crippen MR) is 111 cm³/mol. The summed E-state index contributed by atoms with van der Waals surface area (Å²) in [4.78, 5) is 13.2. The molecule has 5 rings (SSSR count). The van der Waals surface area contributed by atoms with Crippen LogP contribution in [0.25, 0.3) is 0 Å². The minimum atomic E-state index is -0.902. The van der Waals surface area contributed by atoms with Gasteiger partial charge in [-0.15, -0.1) is 0 Å². The highest BCUT2D eigenvalue weighted by Crippen LogP contribution is 2.44. The third-order valence-electron chi connectivity index (χ3n) is 5.21. The number of carbonyl (C=O) groups excluding carboxylic acids is 1. The first kappa shape index (κ1) is 18.1. The predicted octanol–water partition coefficient (Wildman–Crippen LogP) is 5.34. The molecule has 0 N–H and O–H groups in total. The van der Waals surface area contributed by atoms with E-state index in [0.29, 0.717) is 17.7 Å². The molecule has 29 heavy (non-hydrogen) atoms. The van der Waals surface area contributed by atoms with E-state index < -0.39 is 6.23 Å². The lowest BCUT2D eigenvalue weighted by Crippen LogP contribution is -2.45. The van der Waals surface area contributed by atoms with Gasteiger partial charge in [-0.2, -0.15) is 5.10 Å². The second-order valence-electron chi connectivity index (χ2n) is 7.04. The molecule has 0 saturated carbocycles. The van der Waals surface area contributed by atoms with Gasteiger partial charge in [0.1, 0.15) is 11.6 Å². The fraction of sp³-hybridized carbons (Fsp3) is 0.130. The van der Waals surface area contributed by atoms with E-state index in [4.69, 9.17) is 9.84 Å². The Labute approximate surface area is 175 Å². The van der Waals surface area contributed by atoms with Crippen LogP contribution in [-0.2, 0) is 0 Å². The van der Waals surface area contributed by atoms with Crippen molar-refractivity contribution >= 4 is 27.4 Å². The summed E-state index contributed by atoms with van der Waals surface area (Å²) in [5.74, 6) is 0.0331. The van der Waals surface area contributed by atoms with Crippen molar-refractivity contribution in [1.82, 2.24) is 5.01 Å². The van der Waals surface area contributed by atoms with Gasteiger partial charge in [-0.1, -0.05) is 46.3 Å². The van der Waals surface area contributed by atoms with Crippen molar-refractivity contribution in [2.75, 3.05) is 0 Å². The van der Waals surface area contributed by atoms with Gasteiger partial charge < -0.3 is 4.74 Å². The van der Waals surface area contributed by atoms with Gasteiger partial charge in [-0.25, -0.2) is 9.40 Å². The number of carbonyl (C=O) groups is 1. The number of hydrazone groups is 1. The zero-order valence-corrected chi connectivity index (χ0v) is 16.8. The first-order chi connectivity index (χ1) is 14.1. The number of nitrogens with zero attached hydrogens (tertiary/aromatic N) is 2. The lowest BCUT2D eigenvalue weighted by atomic mass is 9.96. The summed E-state index contributed by atoms with van der Waals surface area (Å²) in [7, 11) is 0. The topological polar surface area (TPSA) is 41.9 Å². The Morgan fingerprint density at radius 1 is 1.07 bits per heavy atom. The van der Waals surface area contributed by atoms with Crippen LogP contribution in [0.15, 0.2) is 82.4 Å². The van der Waals surface area contributed by atoms with E-state index in [2.05, 4.69) is 15.9 Å². The third-order valence-corrected chi connectivity index (χ3v) is 5.71. The molecule has 2 aliphatic heterocycles. The number of benzene rings is 3. The van der Waals surface area contributed by atoms with Crippen LogP contribution in [0, 0.1) is 5.82 Å². The van der Waals surface area contributed by atoms with Crippen LogP contribution in [-0.4, -0.2) is 22.7 Å². The SMILES string of the molecule is O=C(c1ccc(F)cc1)C1Oc2ccc(Br)cc2C2CC(c3ccccc3)=NN12. The summed E-state index contributed by atoms with van der Waals surface area (Å²) in [6.07, 6.45) is -0.232. The van der Waals surface area contributed by atoms with Gasteiger partial charge in [0, 0.05) is 22.0 Å². The molecule has 0 bridgehead atoms. The summed E-state index contributed by atoms with van der Waals surface area (Å²) in [5, 5.41) is 6.51. The Hall–Kier alpha value is -2.99. The summed E-state index contributed by atoms with van der Waals surface area (Å²) >= 11 is 3.52. The second-order valence-corrected chi connectivity index (χ2v) is 7.95. The van der Waals surface area contributed by atoms with Gasteiger partial charge in [0.05, 0.1) is 11.8 Å². The van der Waals surface area contributed by atoms with E-state index in [-0.39, 0.29) is 17.6 Å². The Morgan fingerprint density at radius 2 is 1.83 bits per heavy atom. The number of hydrogen-bond donors (Lipinski definition) is 0. The van der Waals surface area contributed by atoms with E-state index >= 15 is 0 Å². The van der Waals surface area contributed by atoms with Crippen molar-refractivity contribution in [3.63, 3.8) is 0 Å². The Balaban J connectivity index is 1.57. The molecule has 144 valence electrons. The van der Waals surface area contributed by atoms with Gasteiger partial charge in [-0.3, -0.25) is 4.79 Å². The fourth-order valence-corrected chi connectivity index (χ4v) is 4.17. The Morgan fingerprint density at radius 3 is 2.59 bits per heavy atom. The molecule has 0 fully saturated rings. The molecule has 3 aromatic carbocycles. The molecule has 2 heterocycles. The van der Waals surface area contributed by atoms with Gasteiger partial charge in [-0.05, 0) is 48.0 Å². The molecule has 6 heteroatoms. The molecule has 0 aromatic heterocycles. The average molecular weight is 451 g/mol. The van der Waals surface area contributed by atoms with Crippen molar-refractivity contribution in [2.24, 2.45) is 5.10 Å². The summed E-state index contributed by atoms with van der Waals surface area (Å²) in [5.41, 5.74) is 3.30. The van der Waals surface area contributed by atoms with E-state index in [1.807, 2.05) is 48.5 Å². The maximum Gasteiger partial charge on any atom is 0.251 e. The van der Waals surface area contributed by atoms with Gasteiger partial charge in [0.25, 0.3) is 6.23 Å². The number of ketones is 1. The molecule has 0 aliphatic carbocycles. The first-order valence-corrected chi connectivity index (χ1v) is 10.1. The Kier molecular flexibility index (Phi) is 4.43. The van der Waals surface area contributed by atoms with E-state index in [1.54, 1.807) is 5.01 Å². The normalized spacial score (nSPS) is 19.8. The lowest BCUT2D eigenvalue weighted by molar-refractivity contribution is -0.00459. The Bertz CT molecular complexity index is 1120. The quantitative estimate of drug-likeness (QED) is 0.505. The maximum atomic E-state index is 13.3. The number of fused-ring (bicyclic) bond motifs is 3. The van der Waals surface area contributed by atoms with Crippen LogP contribution >= 0.6 is 15.9 Å². The molecular weight excluding hydrogens is 435 g/mol. The van der Waals surface area contributed by atoms with Crippen molar-refractivity contribution < 1.29 is 13.9 Å². The minimum absolute atomic E-state index is 0.110. The van der Waals surface area contributed by atoms with Crippen LogP contribution in [0.1, 0.15) is 33.9 Å². The molecule has 0 amide bonds. The zero-order valence-electron chi connectivity index (χ0n) is 15.3. The molecule has 0 saturated heterocycles. The number of halogens is 2. The zero-order chi connectivity index (χ0) is 20.0. The summed E-state index contributed by atoms with van der Waals surface area (Å²) in [6.45, 7) is 0. The fourth-order valence-electron chi connectivity index (χ4n) is 3.79. The van der Waals surface area contributed by atoms with Crippen LogP contribution in [0.5, 0.6) is 5.75 Å². The van der Waals surface area contributed by atoms with Crippen LogP contribution in [0.3, 0.4) is 0 Å². The van der Waals surface area contributed by atoms with Crippen molar-refractivity contribution in [3.05, 3.63) is 99.8 Å². The highest BCUT2D eigenvalue weighted by Gasteiger charge is 2.43. The average Bonchev–Trinajstić information content (AvgIpc) is 3.20. The number of hydrogen-bond acceptors (Lipinski definition) is 4. The van der Waals surface area contributed by atoms with E-state index in [1.165, 1.54) is 24.3 Å². The molecule has 2 aliphatic rings. The lowest BCUT2D eigenvalue weighted by Gasteiger charge is -2.37. The van der Waals surface area contributed by atoms with Gasteiger partial charge in [0.2, 0.25) is 5.78 Å². The highest BCUT2D eigenvalue weighted by atomic mass is 79.9. The minimum Gasteiger partial charge on any atom is -0.461 e. The number of Topliss-reactive ketones (excluding diaryl/α,β-unsaturated/α-hetero) is 1. The molecule has 0 radical (unpaired) electrons. The monoisotopic (exact) mass is 450 g/mol. The molecule has 0 spiro atoms. The standard InChI is InChI=1S/C23H16BrFN2O2/c24-16-8-11-21-18(12-16)20-13-19(14-4-2-1-3-5-14)26-27(20)23(29-21)22(28)15-6-9-17(25)10-7-15/h1-12,20,23H,13H2. The summed E-state index contributed by atoms with van der Waals surface area (Å²) < 4.78 is 20.3. The number of ether oxygens (including phenoxy) is 1. The van der Waals surface area contributed by atoms with E-state index in [0.717, 1.165) is 21.3 Å². The van der Waals surface area contributed by atoms with E-state index in [9.17, 15) is 9.18 Å². The largest absolute Gasteiger partial charge is 0.461 e. The van der Waals surface area contributed by atoms with Crippen LogP contribution < -0.4 is 4.74 Å². The van der Waals surface area contributed by atoms with Crippen LogP contribution in [0.4, 0.5) is 4.39 Å².